The summed E-state index contributed by atoms with van der Waals surface area (Å²) in [7, 11) is 1.32. The third-order valence-electron chi connectivity index (χ3n) is 3.14. The lowest BCUT2D eigenvalue weighted by molar-refractivity contribution is -0.116. The highest BCUT2D eigenvalue weighted by Gasteiger charge is 2.12. The molecule has 1 N–H and O–H groups in total. The van der Waals surface area contributed by atoms with Gasteiger partial charge in [0.2, 0.25) is 5.91 Å². The molecule has 6 nitrogen and oxygen atoms in total. The van der Waals surface area contributed by atoms with Crippen molar-refractivity contribution < 1.29 is 23.0 Å². The van der Waals surface area contributed by atoms with Crippen LogP contribution in [0, 0.1) is 0 Å². The standard InChI is InChI=1S/C16H16F2N2O4/c1-23-12-6-5-11(10-13(12)24-16(17)18)19-14(21)7-9-20-8-3-2-4-15(20)22/h2-6,8,10,16H,7,9H2,1H3,(H,19,21). The summed E-state index contributed by atoms with van der Waals surface area (Å²) in [5.41, 5.74) is 0.0826. The van der Waals surface area contributed by atoms with Crippen LogP contribution in [0.5, 0.6) is 11.5 Å². The summed E-state index contributed by atoms with van der Waals surface area (Å²) in [5.74, 6) is -0.410. The first-order valence-electron chi connectivity index (χ1n) is 7.08. The van der Waals surface area contributed by atoms with Crippen LogP contribution in [0.4, 0.5) is 14.5 Å². The van der Waals surface area contributed by atoms with Gasteiger partial charge in [0.05, 0.1) is 7.11 Å². The van der Waals surface area contributed by atoms with Crippen LogP contribution in [0.2, 0.25) is 0 Å². The van der Waals surface area contributed by atoms with E-state index in [1.807, 2.05) is 0 Å². The van der Waals surface area contributed by atoms with Gasteiger partial charge in [-0.1, -0.05) is 6.07 Å². The maximum atomic E-state index is 12.4. The fourth-order valence-electron chi connectivity index (χ4n) is 2.03. The number of carbonyl (C=O) groups excluding carboxylic acids is 1. The summed E-state index contributed by atoms with van der Waals surface area (Å²) < 4.78 is 35.4. The molecule has 0 saturated carbocycles. The van der Waals surface area contributed by atoms with Crippen molar-refractivity contribution >= 4 is 11.6 Å². The number of benzene rings is 1. The molecule has 2 aromatic rings. The summed E-state index contributed by atoms with van der Waals surface area (Å²) >= 11 is 0. The van der Waals surface area contributed by atoms with E-state index < -0.39 is 6.61 Å². The Morgan fingerprint density at radius 3 is 2.71 bits per heavy atom. The van der Waals surface area contributed by atoms with Gasteiger partial charge in [0, 0.05) is 37.0 Å². The Labute approximate surface area is 136 Å². The molecular weight excluding hydrogens is 322 g/mol. The van der Waals surface area contributed by atoms with E-state index in [4.69, 9.17) is 4.74 Å². The lowest BCUT2D eigenvalue weighted by atomic mass is 10.2. The third-order valence-corrected chi connectivity index (χ3v) is 3.14. The molecule has 8 heteroatoms. The highest BCUT2D eigenvalue weighted by molar-refractivity contribution is 5.91. The molecule has 0 aliphatic heterocycles. The van der Waals surface area contributed by atoms with Crippen LogP contribution in [-0.4, -0.2) is 24.2 Å². The zero-order chi connectivity index (χ0) is 17.5. The summed E-state index contributed by atoms with van der Waals surface area (Å²) in [6, 6.07) is 8.86. The molecule has 1 amide bonds. The first-order chi connectivity index (χ1) is 11.5. The fourth-order valence-corrected chi connectivity index (χ4v) is 2.03. The van der Waals surface area contributed by atoms with Crippen LogP contribution < -0.4 is 20.3 Å². The fraction of sp³-hybridized carbons (Fsp3) is 0.250. The monoisotopic (exact) mass is 338 g/mol. The van der Waals surface area contributed by atoms with E-state index >= 15 is 0 Å². The minimum absolute atomic E-state index is 0.0565. The molecule has 2 rings (SSSR count). The summed E-state index contributed by atoms with van der Waals surface area (Å²) in [5, 5.41) is 2.56. The molecule has 1 aromatic heterocycles. The molecule has 128 valence electrons. The number of pyridine rings is 1. The SMILES string of the molecule is COc1ccc(NC(=O)CCn2ccccc2=O)cc1OC(F)F. The van der Waals surface area contributed by atoms with Crippen LogP contribution in [0.25, 0.3) is 0 Å². The first-order valence-corrected chi connectivity index (χ1v) is 7.08. The van der Waals surface area contributed by atoms with Crippen molar-refractivity contribution in [3.63, 3.8) is 0 Å². The van der Waals surface area contributed by atoms with Crippen LogP contribution in [0.3, 0.4) is 0 Å². The van der Waals surface area contributed by atoms with Gasteiger partial charge in [-0.25, -0.2) is 0 Å². The first kappa shape index (κ1) is 17.5. The number of aromatic nitrogens is 1. The molecule has 0 atom stereocenters. The van der Waals surface area contributed by atoms with Crippen molar-refractivity contribution in [2.45, 2.75) is 19.6 Å². The minimum Gasteiger partial charge on any atom is -0.493 e. The largest absolute Gasteiger partial charge is 0.493 e. The van der Waals surface area contributed by atoms with Gasteiger partial charge in [0.1, 0.15) is 0 Å². The van der Waals surface area contributed by atoms with Gasteiger partial charge in [0.15, 0.2) is 11.5 Å². The van der Waals surface area contributed by atoms with E-state index in [1.54, 1.807) is 18.3 Å². The summed E-state index contributed by atoms with van der Waals surface area (Å²) in [6.07, 6.45) is 1.64. The maximum absolute atomic E-state index is 12.4. The van der Waals surface area contributed by atoms with Gasteiger partial charge in [-0.2, -0.15) is 8.78 Å². The number of amides is 1. The van der Waals surface area contributed by atoms with Crippen molar-refractivity contribution in [1.82, 2.24) is 4.57 Å². The Morgan fingerprint density at radius 1 is 1.25 bits per heavy atom. The summed E-state index contributed by atoms with van der Waals surface area (Å²) in [4.78, 5) is 23.5. The van der Waals surface area contributed by atoms with Crippen molar-refractivity contribution in [3.05, 3.63) is 52.9 Å². The van der Waals surface area contributed by atoms with Crippen molar-refractivity contribution in [2.24, 2.45) is 0 Å². The van der Waals surface area contributed by atoms with Gasteiger partial charge in [-0.15, -0.1) is 0 Å². The number of nitrogens with one attached hydrogen (secondary N) is 1. The Morgan fingerprint density at radius 2 is 2.04 bits per heavy atom. The predicted molar refractivity (Wildman–Crippen MR) is 83.6 cm³/mol. The maximum Gasteiger partial charge on any atom is 0.387 e. The lowest BCUT2D eigenvalue weighted by Gasteiger charge is -2.12. The Balaban J connectivity index is 2.01. The minimum atomic E-state index is -3.00. The van der Waals surface area contributed by atoms with E-state index in [-0.39, 0.29) is 41.6 Å². The molecule has 0 aliphatic carbocycles. The normalized spacial score (nSPS) is 10.5. The van der Waals surface area contributed by atoms with Gasteiger partial charge in [-0.05, 0) is 18.2 Å². The number of anilines is 1. The van der Waals surface area contributed by atoms with Gasteiger partial charge < -0.3 is 19.4 Å². The molecule has 0 aliphatic rings. The topological polar surface area (TPSA) is 69.6 Å². The molecule has 1 heterocycles. The van der Waals surface area contributed by atoms with Crippen molar-refractivity contribution in [2.75, 3.05) is 12.4 Å². The number of rotatable bonds is 7. The molecule has 0 fully saturated rings. The molecule has 1 aromatic carbocycles. The second-order valence-corrected chi connectivity index (χ2v) is 4.77. The predicted octanol–water partition coefficient (Wildman–Crippen LogP) is 2.49. The van der Waals surface area contributed by atoms with E-state index in [1.165, 1.54) is 35.9 Å². The second kappa shape index (κ2) is 8.09. The average Bonchev–Trinajstić information content (AvgIpc) is 2.54. The summed E-state index contributed by atoms with van der Waals surface area (Å²) in [6.45, 7) is -2.79. The van der Waals surface area contributed by atoms with Crippen LogP contribution in [0.15, 0.2) is 47.4 Å². The third kappa shape index (κ3) is 4.80. The van der Waals surface area contributed by atoms with E-state index in [0.29, 0.717) is 0 Å². The van der Waals surface area contributed by atoms with E-state index in [2.05, 4.69) is 10.1 Å². The zero-order valence-electron chi connectivity index (χ0n) is 12.9. The van der Waals surface area contributed by atoms with Crippen LogP contribution in [0.1, 0.15) is 6.42 Å². The number of methoxy groups -OCH3 is 1. The number of aryl methyl sites for hydroxylation is 1. The number of halogens is 2. The molecule has 24 heavy (non-hydrogen) atoms. The molecular formula is C16H16F2N2O4. The van der Waals surface area contributed by atoms with Gasteiger partial charge in [-0.3, -0.25) is 9.59 Å². The second-order valence-electron chi connectivity index (χ2n) is 4.77. The molecule has 0 bridgehead atoms. The molecule has 0 spiro atoms. The Bertz CT molecular complexity index is 762. The smallest absolute Gasteiger partial charge is 0.387 e. The van der Waals surface area contributed by atoms with Crippen LogP contribution >= 0.6 is 0 Å². The lowest BCUT2D eigenvalue weighted by Crippen LogP contribution is -2.21. The van der Waals surface area contributed by atoms with E-state index in [9.17, 15) is 18.4 Å². The number of nitrogens with zero attached hydrogens (tertiary/aromatic N) is 1. The molecule has 0 unspecified atom stereocenters. The number of ether oxygens (including phenoxy) is 2. The van der Waals surface area contributed by atoms with Crippen LogP contribution in [-0.2, 0) is 11.3 Å². The Kier molecular flexibility index (Phi) is 5.89. The van der Waals surface area contributed by atoms with Gasteiger partial charge in [0.25, 0.3) is 5.56 Å². The molecule has 0 saturated heterocycles. The number of hydrogen-bond acceptors (Lipinski definition) is 4. The van der Waals surface area contributed by atoms with Crippen molar-refractivity contribution in [1.29, 1.82) is 0 Å². The Hall–Kier alpha value is -2.90. The number of alkyl halides is 2. The quantitative estimate of drug-likeness (QED) is 0.842. The zero-order valence-corrected chi connectivity index (χ0v) is 12.9. The number of hydrogen-bond donors (Lipinski definition) is 1. The van der Waals surface area contributed by atoms with E-state index in [0.717, 1.165) is 0 Å². The van der Waals surface area contributed by atoms with Gasteiger partial charge >= 0.3 is 6.61 Å². The van der Waals surface area contributed by atoms with Crippen molar-refractivity contribution in [3.8, 4) is 11.5 Å². The highest BCUT2D eigenvalue weighted by Crippen LogP contribution is 2.31. The highest BCUT2D eigenvalue weighted by atomic mass is 19.3. The average molecular weight is 338 g/mol. The number of carbonyl (C=O) groups is 1. The molecule has 0 radical (unpaired) electrons.